The number of amides is 1. The van der Waals surface area contributed by atoms with Crippen molar-refractivity contribution >= 4 is 17.7 Å². The van der Waals surface area contributed by atoms with Gasteiger partial charge < -0.3 is 19.2 Å². The van der Waals surface area contributed by atoms with E-state index in [4.69, 9.17) is 13.9 Å². The molecular formula is C17H21N3O4S. The van der Waals surface area contributed by atoms with E-state index in [2.05, 4.69) is 15.5 Å². The van der Waals surface area contributed by atoms with Crippen LogP contribution >= 0.6 is 11.8 Å². The second-order valence-electron chi connectivity index (χ2n) is 5.92. The molecule has 1 N–H and O–H groups in total. The van der Waals surface area contributed by atoms with Gasteiger partial charge in [-0.05, 0) is 37.8 Å². The molecular weight excluding hydrogens is 342 g/mol. The van der Waals surface area contributed by atoms with E-state index in [-0.39, 0.29) is 17.7 Å². The summed E-state index contributed by atoms with van der Waals surface area (Å²) in [5.74, 6) is 2.46. The van der Waals surface area contributed by atoms with Crippen molar-refractivity contribution in [1.82, 2.24) is 15.5 Å². The van der Waals surface area contributed by atoms with Crippen molar-refractivity contribution in [3.8, 4) is 23.0 Å². The highest BCUT2D eigenvalue weighted by Crippen LogP contribution is 2.34. The van der Waals surface area contributed by atoms with Gasteiger partial charge in [0.05, 0.1) is 25.5 Å². The van der Waals surface area contributed by atoms with Crippen LogP contribution in [0, 0.1) is 5.92 Å². The fourth-order valence-electron chi connectivity index (χ4n) is 2.49. The van der Waals surface area contributed by atoms with Gasteiger partial charge in [-0.15, -0.1) is 10.2 Å². The zero-order valence-corrected chi connectivity index (χ0v) is 15.3. The van der Waals surface area contributed by atoms with E-state index in [9.17, 15) is 4.79 Å². The van der Waals surface area contributed by atoms with Gasteiger partial charge in [-0.2, -0.15) is 0 Å². The van der Waals surface area contributed by atoms with Crippen LogP contribution in [0.2, 0.25) is 0 Å². The Bertz CT molecular complexity index is 745. The standard InChI is InChI=1S/C17H21N3O4S/c1-10(11-4-5-11)18-15(21)9-25-17-20-19-16(24-17)13-7-6-12(22-2)8-14(13)23-3/h6-8,10-11H,4-5,9H2,1-3H3,(H,18,21)/t10-/m0/s1. The van der Waals surface area contributed by atoms with Crippen LogP contribution in [0.5, 0.6) is 11.5 Å². The van der Waals surface area contributed by atoms with Gasteiger partial charge in [-0.1, -0.05) is 11.8 Å². The summed E-state index contributed by atoms with van der Waals surface area (Å²) in [5.41, 5.74) is 0.675. The lowest BCUT2D eigenvalue weighted by molar-refractivity contribution is -0.119. The van der Waals surface area contributed by atoms with Crippen LogP contribution in [-0.4, -0.2) is 42.1 Å². The lowest BCUT2D eigenvalue weighted by Gasteiger charge is -2.11. The third-order valence-electron chi connectivity index (χ3n) is 4.09. The van der Waals surface area contributed by atoms with Gasteiger partial charge in [-0.25, -0.2) is 0 Å². The smallest absolute Gasteiger partial charge is 0.277 e. The summed E-state index contributed by atoms with van der Waals surface area (Å²) in [4.78, 5) is 12.0. The van der Waals surface area contributed by atoms with Crippen LogP contribution in [-0.2, 0) is 4.79 Å². The molecule has 1 fully saturated rings. The first-order chi connectivity index (χ1) is 12.1. The Morgan fingerprint density at radius 3 is 2.84 bits per heavy atom. The molecule has 0 spiro atoms. The zero-order valence-electron chi connectivity index (χ0n) is 14.4. The fourth-order valence-corrected chi connectivity index (χ4v) is 3.06. The second kappa shape index (κ2) is 7.77. The van der Waals surface area contributed by atoms with Crippen LogP contribution < -0.4 is 14.8 Å². The third-order valence-corrected chi connectivity index (χ3v) is 4.91. The third kappa shape index (κ3) is 4.45. The molecule has 0 saturated heterocycles. The zero-order chi connectivity index (χ0) is 17.8. The number of thioether (sulfide) groups is 1. The number of carbonyl (C=O) groups is 1. The Morgan fingerprint density at radius 1 is 1.36 bits per heavy atom. The van der Waals surface area contributed by atoms with Gasteiger partial charge in [-0.3, -0.25) is 4.79 Å². The molecule has 1 aliphatic carbocycles. The molecule has 3 rings (SSSR count). The van der Waals surface area contributed by atoms with Gasteiger partial charge in [0.2, 0.25) is 5.91 Å². The highest BCUT2D eigenvalue weighted by Gasteiger charge is 2.28. The largest absolute Gasteiger partial charge is 0.497 e. The van der Waals surface area contributed by atoms with Crippen molar-refractivity contribution in [3.63, 3.8) is 0 Å². The first-order valence-corrected chi connectivity index (χ1v) is 9.07. The highest BCUT2D eigenvalue weighted by molar-refractivity contribution is 7.99. The first-order valence-electron chi connectivity index (χ1n) is 8.08. The molecule has 0 radical (unpaired) electrons. The predicted molar refractivity (Wildman–Crippen MR) is 93.9 cm³/mol. The van der Waals surface area contributed by atoms with E-state index in [1.54, 1.807) is 32.4 Å². The second-order valence-corrected chi connectivity index (χ2v) is 6.85. The van der Waals surface area contributed by atoms with E-state index < -0.39 is 0 Å². The summed E-state index contributed by atoms with van der Waals surface area (Å²) in [7, 11) is 3.15. The number of nitrogens with zero attached hydrogens (tertiary/aromatic N) is 2. The average Bonchev–Trinajstić information content (AvgIpc) is 3.38. The maximum atomic E-state index is 12.0. The molecule has 1 saturated carbocycles. The molecule has 7 nitrogen and oxygen atoms in total. The van der Waals surface area contributed by atoms with Crippen molar-refractivity contribution in [1.29, 1.82) is 0 Å². The molecule has 1 aliphatic rings. The predicted octanol–water partition coefficient (Wildman–Crippen LogP) is 2.76. The highest BCUT2D eigenvalue weighted by atomic mass is 32.2. The summed E-state index contributed by atoms with van der Waals surface area (Å²) < 4.78 is 16.2. The minimum atomic E-state index is -0.0221. The number of rotatable bonds is 8. The maximum Gasteiger partial charge on any atom is 0.277 e. The summed E-state index contributed by atoms with van der Waals surface area (Å²) in [5, 5.41) is 11.4. The Hall–Kier alpha value is -2.22. The maximum absolute atomic E-state index is 12.0. The van der Waals surface area contributed by atoms with E-state index >= 15 is 0 Å². The minimum absolute atomic E-state index is 0.0221. The Morgan fingerprint density at radius 2 is 2.16 bits per heavy atom. The first kappa shape index (κ1) is 17.6. The lowest BCUT2D eigenvalue weighted by Crippen LogP contribution is -2.35. The van der Waals surface area contributed by atoms with Crippen LogP contribution in [0.3, 0.4) is 0 Å². The molecule has 1 amide bonds. The molecule has 1 heterocycles. The SMILES string of the molecule is COc1ccc(-c2nnc(SCC(=O)N[C@@H](C)C3CC3)o2)c(OC)c1. The molecule has 134 valence electrons. The Balaban J connectivity index is 1.61. The summed E-state index contributed by atoms with van der Waals surface area (Å²) >= 11 is 1.22. The monoisotopic (exact) mass is 363 g/mol. The van der Waals surface area contributed by atoms with E-state index in [0.717, 1.165) is 0 Å². The number of hydrogen-bond acceptors (Lipinski definition) is 7. The van der Waals surface area contributed by atoms with Crippen molar-refractivity contribution in [3.05, 3.63) is 18.2 Å². The molecule has 1 aromatic heterocycles. The Labute approximate surface area is 150 Å². The average molecular weight is 363 g/mol. The van der Waals surface area contributed by atoms with Gasteiger partial charge in [0.25, 0.3) is 11.1 Å². The molecule has 2 aromatic rings. The van der Waals surface area contributed by atoms with Crippen molar-refractivity contribution in [2.24, 2.45) is 5.92 Å². The topological polar surface area (TPSA) is 86.5 Å². The number of ether oxygens (including phenoxy) is 2. The van der Waals surface area contributed by atoms with Crippen LogP contribution in [0.25, 0.3) is 11.5 Å². The van der Waals surface area contributed by atoms with Gasteiger partial charge in [0.1, 0.15) is 11.5 Å². The van der Waals surface area contributed by atoms with Gasteiger partial charge in [0, 0.05) is 12.1 Å². The molecule has 25 heavy (non-hydrogen) atoms. The number of hydrogen-bond donors (Lipinski definition) is 1. The number of carbonyl (C=O) groups excluding carboxylic acids is 1. The summed E-state index contributed by atoms with van der Waals surface area (Å²) in [6, 6.07) is 5.57. The molecule has 0 aliphatic heterocycles. The van der Waals surface area contributed by atoms with Gasteiger partial charge in [0.15, 0.2) is 0 Å². The quantitative estimate of drug-likeness (QED) is 0.722. The lowest BCUT2D eigenvalue weighted by atomic mass is 10.2. The van der Waals surface area contributed by atoms with Crippen LogP contribution in [0.4, 0.5) is 0 Å². The molecule has 0 unspecified atom stereocenters. The van der Waals surface area contributed by atoms with E-state index in [1.165, 1.54) is 24.6 Å². The molecule has 0 bridgehead atoms. The van der Waals surface area contributed by atoms with Crippen molar-refractivity contribution in [2.45, 2.75) is 31.0 Å². The summed E-state index contributed by atoms with van der Waals surface area (Å²) in [6.45, 7) is 2.04. The Kier molecular flexibility index (Phi) is 5.47. The van der Waals surface area contributed by atoms with E-state index in [1.807, 2.05) is 6.92 Å². The van der Waals surface area contributed by atoms with Gasteiger partial charge >= 0.3 is 0 Å². The molecule has 8 heteroatoms. The fraction of sp³-hybridized carbons (Fsp3) is 0.471. The molecule has 1 atom stereocenters. The van der Waals surface area contributed by atoms with Crippen molar-refractivity contribution < 1.29 is 18.7 Å². The van der Waals surface area contributed by atoms with Crippen LogP contribution in [0.15, 0.2) is 27.8 Å². The number of aromatic nitrogens is 2. The van der Waals surface area contributed by atoms with Crippen molar-refractivity contribution in [2.75, 3.05) is 20.0 Å². The number of benzene rings is 1. The van der Waals surface area contributed by atoms with Crippen LogP contribution in [0.1, 0.15) is 19.8 Å². The summed E-state index contributed by atoms with van der Waals surface area (Å²) in [6.07, 6.45) is 2.40. The molecule has 1 aromatic carbocycles. The number of methoxy groups -OCH3 is 2. The number of nitrogens with one attached hydrogen (secondary N) is 1. The minimum Gasteiger partial charge on any atom is -0.497 e. The normalized spacial score (nSPS) is 14.8. The van der Waals surface area contributed by atoms with E-state index in [0.29, 0.717) is 34.1 Å².